The van der Waals surface area contributed by atoms with E-state index in [1.807, 2.05) is 52.0 Å². The van der Waals surface area contributed by atoms with Crippen molar-refractivity contribution in [3.8, 4) is 0 Å². The van der Waals surface area contributed by atoms with Crippen LogP contribution in [0.15, 0.2) is 71.9 Å². The molecule has 0 bridgehead atoms. The van der Waals surface area contributed by atoms with Crippen molar-refractivity contribution >= 4 is 40.3 Å². The summed E-state index contributed by atoms with van der Waals surface area (Å²) in [4.78, 5) is 36.0. The van der Waals surface area contributed by atoms with Gasteiger partial charge in [-0.2, -0.15) is 0 Å². The average Bonchev–Trinajstić information content (AvgIpc) is 3.21. The fourth-order valence-corrected chi connectivity index (χ4v) is 6.26. The summed E-state index contributed by atoms with van der Waals surface area (Å²) in [6, 6.07) is 16.7. The predicted octanol–water partition coefficient (Wildman–Crippen LogP) is 5.12. The first-order valence-corrected chi connectivity index (χ1v) is 17.6. The zero-order valence-corrected chi connectivity index (χ0v) is 30.8. The van der Waals surface area contributed by atoms with Crippen LogP contribution in [0.5, 0.6) is 0 Å². The zero-order valence-electron chi connectivity index (χ0n) is 29.9. The van der Waals surface area contributed by atoms with E-state index in [-0.39, 0.29) is 23.1 Å². The third-order valence-corrected chi connectivity index (χ3v) is 9.71. The molecule has 1 aliphatic rings. The second-order valence-electron chi connectivity index (χ2n) is 14.9. The third kappa shape index (κ3) is 9.65. The number of sulfone groups is 1. The van der Waals surface area contributed by atoms with Crippen LogP contribution in [0.1, 0.15) is 85.9 Å². The van der Waals surface area contributed by atoms with Crippen LogP contribution < -0.4 is 15.7 Å². The summed E-state index contributed by atoms with van der Waals surface area (Å²) < 4.78 is 51.5. The second-order valence-corrected chi connectivity index (χ2v) is 16.9. The molecule has 1 saturated heterocycles. The van der Waals surface area contributed by atoms with Crippen LogP contribution in [-0.4, -0.2) is 66.5 Å². The maximum atomic E-state index is 14.1. The molecule has 3 heterocycles. The van der Waals surface area contributed by atoms with E-state index in [4.69, 9.17) is 18.8 Å². The fraction of sp³-hybridized carbons (Fsp3) is 0.486. The van der Waals surface area contributed by atoms with E-state index in [0.717, 1.165) is 15.9 Å². The van der Waals surface area contributed by atoms with Crippen molar-refractivity contribution in [3.63, 3.8) is 0 Å². The number of anilines is 1. The number of carbonyl (C=O) groups excluding carboxylic acids is 2. The fourth-order valence-electron chi connectivity index (χ4n) is 4.79. The molecule has 12 nitrogen and oxygen atoms in total. The van der Waals surface area contributed by atoms with Gasteiger partial charge < -0.3 is 18.8 Å². The van der Waals surface area contributed by atoms with Crippen LogP contribution in [0.25, 0.3) is 0 Å². The van der Waals surface area contributed by atoms with Gasteiger partial charge in [-0.15, -0.1) is 0 Å². The molecule has 1 N–H and O–H groups in total. The molecule has 2 aromatic heterocycles. The van der Waals surface area contributed by atoms with Crippen molar-refractivity contribution in [2.75, 3.05) is 11.4 Å². The largest absolute Gasteiger partial charge is 0.494 e. The minimum atomic E-state index is -4.16. The van der Waals surface area contributed by atoms with E-state index >= 15 is 0 Å². The van der Waals surface area contributed by atoms with Gasteiger partial charge in [0.05, 0.1) is 16.9 Å². The monoisotopic (exact) mass is 694 g/mol. The number of esters is 1. The van der Waals surface area contributed by atoms with Gasteiger partial charge in [0.2, 0.25) is 9.84 Å². The van der Waals surface area contributed by atoms with Crippen LogP contribution in [0.3, 0.4) is 0 Å². The van der Waals surface area contributed by atoms with Gasteiger partial charge in [-0.1, -0.05) is 36.4 Å². The molecule has 49 heavy (non-hydrogen) atoms. The summed E-state index contributed by atoms with van der Waals surface area (Å²) >= 11 is 0. The van der Waals surface area contributed by atoms with Crippen LogP contribution >= 0.6 is 0 Å². The van der Waals surface area contributed by atoms with E-state index < -0.39 is 63.3 Å². The number of pyridine rings is 2. The molecular weight excluding hydrogens is 647 g/mol. The smallest absolute Gasteiger partial charge is 0.459 e. The summed E-state index contributed by atoms with van der Waals surface area (Å²) in [6.45, 7) is 17.8. The molecule has 4 rings (SSSR count). The molecule has 0 aliphatic carbocycles. The maximum Gasteiger partial charge on any atom is 0.494 e. The summed E-state index contributed by atoms with van der Waals surface area (Å²) in [5.74, 6) is -0.683. The normalized spacial score (nSPS) is 16.6. The highest BCUT2D eigenvalue weighted by Gasteiger charge is 2.51. The molecule has 1 atom stereocenters. The highest BCUT2D eigenvalue weighted by Crippen LogP contribution is 2.36. The molecule has 14 heteroatoms. The Hall–Kier alpha value is -3.85. The van der Waals surface area contributed by atoms with Crippen molar-refractivity contribution in [1.29, 1.82) is 0 Å². The summed E-state index contributed by atoms with van der Waals surface area (Å²) in [6.07, 6.45) is 0.551. The minimum Gasteiger partial charge on any atom is -0.459 e. The topological polar surface area (TPSA) is 146 Å². The first-order chi connectivity index (χ1) is 22.6. The minimum absolute atomic E-state index is 0.00685. The van der Waals surface area contributed by atoms with Gasteiger partial charge in [0.15, 0.2) is 10.4 Å². The number of rotatable bonds is 10. The number of hydrogen-bond acceptors (Lipinski definition) is 11. The number of benzene rings is 1. The molecular formula is C35H47BN4O8S. The highest BCUT2D eigenvalue weighted by molar-refractivity contribution is 7.91. The first kappa shape index (κ1) is 38.0. The first-order valence-electron chi connectivity index (χ1n) is 16.1. The molecule has 0 radical (unpaired) electrons. The van der Waals surface area contributed by atoms with Crippen LogP contribution in [0, 0.1) is 0 Å². The van der Waals surface area contributed by atoms with Crippen molar-refractivity contribution in [2.24, 2.45) is 0 Å². The number of nitrogens with one attached hydrogen (secondary N) is 1. The van der Waals surface area contributed by atoms with Gasteiger partial charge in [0, 0.05) is 12.7 Å². The number of nitrogens with zero attached hydrogens (tertiary/aromatic N) is 3. The van der Waals surface area contributed by atoms with Gasteiger partial charge in [-0.25, -0.2) is 23.2 Å². The lowest BCUT2D eigenvalue weighted by Crippen LogP contribution is -2.42. The van der Waals surface area contributed by atoms with Gasteiger partial charge in [-0.3, -0.25) is 15.0 Å². The van der Waals surface area contributed by atoms with Crippen molar-refractivity contribution in [2.45, 2.75) is 109 Å². The Morgan fingerprint density at radius 3 is 2.04 bits per heavy atom. The molecule has 1 amide bonds. The van der Waals surface area contributed by atoms with Gasteiger partial charge in [0.1, 0.15) is 23.6 Å². The molecule has 0 saturated carbocycles. The van der Waals surface area contributed by atoms with E-state index in [1.54, 1.807) is 59.7 Å². The van der Waals surface area contributed by atoms with E-state index in [2.05, 4.69) is 15.3 Å². The molecule has 1 aromatic carbocycles. The number of amides is 1. The van der Waals surface area contributed by atoms with Crippen molar-refractivity contribution in [1.82, 2.24) is 15.3 Å². The molecule has 264 valence electrons. The Kier molecular flexibility index (Phi) is 11.0. The Labute approximate surface area is 290 Å². The van der Waals surface area contributed by atoms with Crippen LogP contribution in [0.4, 0.5) is 10.6 Å². The van der Waals surface area contributed by atoms with Crippen LogP contribution in [0.2, 0.25) is 0 Å². The lowest BCUT2D eigenvalue weighted by atomic mass is 9.79. The molecule has 1 unspecified atom stereocenters. The summed E-state index contributed by atoms with van der Waals surface area (Å²) in [7, 11) is -4.70. The van der Waals surface area contributed by atoms with Crippen molar-refractivity contribution < 1.29 is 36.8 Å². The van der Waals surface area contributed by atoms with Crippen LogP contribution in [-0.2, 0) is 40.0 Å². The number of hydrogen-bond donors (Lipinski definition) is 1. The second kappa shape index (κ2) is 14.2. The van der Waals surface area contributed by atoms with Crippen molar-refractivity contribution in [3.05, 3.63) is 78.1 Å². The lowest BCUT2D eigenvalue weighted by Gasteiger charge is -2.32. The maximum absolute atomic E-state index is 14.1. The highest BCUT2D eigenvalue weighted by atomic mass is 32.2. The van der Waals surface area contributed by atoms with E-state index in [1.165, 1.54) is 24.4 Å². The lowest BCUT2D eigenvalue weighted by molar-refractivity contribution is -0.153. The number of carbonyl (C=O) groups is 2. The predicted molar refractivity (Wildman–Crippen MR) is 187 cm³/mol. The zero-order chi connectivity index (χ0) is 36.4. The molecule has 3 aromatic rings. The third-order valence-electron chi connectivity index (χ3n) is 7.86. The Morgan fingerprint density at radius 2 is 1.49 bits per heavy atom. The van der Waals surface area contributed by atoms with E-state index in [9.17, 15) is 18.0 Å². The van der Waals surface area contributed by atoms with Gasteiger partial charge >= 0.3 is 19.2 Å². The Morgan fingerprint density at radius 1 is 0.878 bits per heavy atom. The van der Waals surface area contributed by atoms with Gasteiger partial charge in [-0.05, 0) is 105 Å². The Balaban J connectivity index is 1.66. The molecule has 1 aliphatic heterocycles. The molecule has 1 fully saturated rings. The average molecular weight is 695 g/mol. The van der Waals surface area contributed by atoms with E-state index in [0.29, 0.717) is 0 Å². The Bertz CT molecular complexity index is 1720. The quantitative estimate of drug-likeness (QED) is 0.223. The summed E-state index contributed by atoms with van der Waals surface area (Å²) in [5.41, 5.74) is -0.961. The number of ether oxygens (including phenoxy) is 2. The molecule has 0 spiro atoms. The standard InChI is InChI=1S/C35H47BN4O8S/c1-32(2,3)45-29(41)23-40(31(42)46-33(4,5)6)27-15-13-14-26(39-27)30(49(43,44)28-16-11-12-21-37-28)38-22-24-17-19-25(20-18-24)36-47-34(7,8)35(9,10)48-36/h11-21,30,38H,22-23H2,1-10H3. The summed E-state index contributed by atoms with van der Waals surface area (Å²) in [5, 5.41) is 1.59. The number of aromatic nitrogens is 2. The SMILES string of the molecule is CC(C)(C)OC(=O)CN(C(=O)OC(C)(C)C)c1cccc(C(NCc2ccc(B3OC(C)(C)C(C)(C)O3)cc2)S(=O)(=O)c2ccccn2)n1. The van der Waals surface area contributed by atoms with Gasteiger partial charge in [0.25, 0.3) is 0 Å².